The number of hydrogen-bond acceptors (Lipinski definition) is 3. The van der Waals surface area contributed by atoms with Crippen molar-refractivity contribution in [2.45, 2.75) is 12.8 Å². The molecule has 5 nitrogen and oxygen atoms in total. The van der Waals surface area contributed by atoms with Gasteiger partial charge in [-0.2, -0.15) is 0 Å². The predicted octanol–water partition coefficient (Wildman–Crippen LogP) is 25.2. The van der Waals surface area contributed by atoms with Crippen LogP contribution in [0.15, 0.2) is 358 Å². The molecule has 1 aliphatic carbocycles. The summed E-state index contributed by atoms with van der Waals surface area (Å²) in [7, 11) is 0. The van der Waals surface area contributed by atoms with Gasteiger partial charge in [0.05, 0.1) is 39.3 Å². The van der Waals surface area contributed by atoms with E-state index in [1.165, 1.54) is 93.7 Å². The zero-order valence-corrected chi connectivity index (χ0v) is 53.3. The van der Waals surface area contributed by atoms with Gasteiger partial charge in [0, 0.05) is 72.3 Å². The number of aromatic nitrogens is 2. The van der Waals surface area contributed by atoms with Crippen LogP contribution in [0.5, 0.6) is 0 Å². The van der Waals surface area contributed by atoms with E-state index in [0.717, 1.165) is 86.0 Å². The highest BCUT2D eigenvalue weighted by atomic mass is 15.2. The molecule has 0 fully saturated rings. The van der Waals surface area contributed by atoms with Crippen molar-refractivity contribution in [3.8, 4) is 44.8 Å². The van der Waals surface area contributed by atoms with Gasteiger partial charge in [0.15, 0.2) is 0 Å². The molecule has 0 aliphatic heterocycles. The molecule has 458 valence electrons. The Labute approximate surface area is 564 Å². The molecule has 1 N–H and O–H groups in total. The first kappa shape index (κ1) is 57.0. The molecule has 0 unspecified atom stereocenters. The fraction of sp³-hybridized carbons (Fsp3) is 0.0217. The van der Waals surface area contributed by atoms with Crippen molar-refractivity contribution in [1.82, 2.24) is 9.13 Å². The third kappa shape index (κ3) is 10.5. The van der Waals surface area contributed by atoms with E-state index >= 15 is 0 Å². The van der Waals surface area contributed by atoms with Gasteiger partial charge >= 0.3 is 0 Å². The van der Waals surface area contributed by atoms with E-state index in [-0.39, 0.29) is 0 Å². The number of hydrogen-bond donors (Lipinski definition) is 1. The highest BCUT2D eigenvalue weighted by molar-refractivity contribution is 6.13. The molecule has 0 spiro atoms. The van der Waals surface area contributed by atoms with E-state index in [1.54, 1.807) is 0 Å². The SMILES string of the molecule is C1=C(c2ccc(-c3ccccc3)cc2)CCc2c1c1cc(N(c3ccccc3)c3cc(Nc4ccccc4)cc(N(c4ccccc4)c4ccc5c(c4)c4cc(-c6ccc(-c7ccccc7)cc6)ccc4n5-c4cccc5ccccc45)c3)ccc1n2-c1cccc2ccccc12. The van der Waals surface area contributed by atoms with Crippen molar-refractivity contribution in [1.29, 1.82) is 0 Å². The Bertz CT molecular complexity index is 5810. The number of benzene rings is 15. The summed E-state index contributed by atoms with van der Waals surface area (Å²) in [6.45, 7) is 0. The molecule has 17 aromatic rings. The third-order valence-electron chi connectivity index (χ3n) is 19.5. The molecule has 0 saturated carbocycles. The molecule has 2 aromatic heterocycles. The van der Waals surface area contributed by atoms with Crippen molar-refractivity contribution < 1.29 is 0 Å². The third-order valence-corrected chi connectivity index (χ3v) is 19.5. The number of rotatable bonds is 14. The predicted molar refractivity (Wildman–Crippen MR) is 411 cm³/mol. The van der Waals surface area contributed by atoms with Crippen LogP contribution in [0.3, 0.4) is 0 Å². The molecular weight excluding hydrogens is 1180 g/mol. The second-order valence-electron chi connectivity index (χ2n) is 25.3. The highest BCUT2D eigenvalue weighted by Crippen LogP contribution is 2.48. The number of fused-ring (bicyclic) bond motifs is 8. The van der Waals surface area contributed by atoms with Crippen LogP contribution in [0, 0.1) is 0 Å². The van der Waals surface area contributed by atoms with Gasteiger partial charge in [-0.25, -0.2) is 0 Å². The lowest BCUT2D eigenvalue weighted by molar-refractivity contribution is 0.901. The number of anilines is 8. The Morgan fingerprint density at radius 2 is 0.660 bits per heavy atom. The number of nitrogens with zero attached hydrogens (tertiary/aromatic N) is 4. The first-order chi connectivity index (χ1) is 48.1. The van der Waals surface area contributed by atoms with E-state index in [0.29, 0.717) is 0 Å². The van der Waals surface area contributed by atoms with Gasteiger partial charge in [-0.3, -0.25) is 0 Å². The van der Waals surface area contributed by atoms with Crippen molar-refractivity contribution in [3.05, 3.63) is 375 Å². The maximum atomic E-state index is 3.90. The molecule has 18 rings (SSSR count). The van der Waals surface area contributed by atoms with Gasteiger partial charge < -0.3 is 24.3 Å². The van der Waals surface area contributed by atoms with Crippen LogP contribution in [0.1, 0.15) is 23.2 Å². The number of nitrogens with one attached hydrogen (secondary N) is 1. The Balaban J connectivity index is 0.831. The second kappa shape index (κ2) is 24.3. The fourth-order valence-electron chi connectivity index (χ4n) is 15.0. The molecular formula is C92H65N5. The lowest BCUT2D eigenvalue weighted by Crippen LogP contribution is -2.14. The Hall–Kier alpha value is -12.7. The van der Waals surface area contributed by atoms with E-state index in [2.05, 4.69) is 388 Å². The topological polar surface area (TPSA) is 28.4 Å². The minimum absolute atomic E-state index is 0.892. The van der Waals surface area contributed by atoms with Gasteiger partial charge in [0.2, 0.25) is 0 Å². The summed E-state index contributed by atoms with van der Waals surface area (Å²) in [6, 6.07) is 131. The monoisotopic (exact) mass is 1240 g/mol. The molecule has 1 aliphatic rings. The van der Waals surface area contributed by atoms with Crippen LogP contribution in [-0.2, 0) is 6.42 Å². The number of allylic oxidation sites excluding steroid dienone is 1. The average molecular weight is 1240 g/mol. The minimum Gasteiger partial charge on any atom is -0.355 e. The second-order valence-corrected chi connectivity index (χ2v) is 25.3. The highest BCUT2D eigenvalue weighted by Gasteiger charge is 2.27. The molecule has 0 atom stereocenters. The summed E-state index contributed by atoms with van der Waals surface area (Å²) in [6.07, 6.45) is 4.30. The van der Waals surface area contributed by atoms with Crippen LogP contribution in [0.2, 0.25) is 0 Å². The van der Waals surface area contributed by atoms with E-state index in [9.17, 15) is 0 Å². The van der Waals surface area contributed by atoms with E-state index in [4.69, 9.17) is 0 Å². The van der Waals surface area contributed by atoms with Gasteiger partial charge in [-0.05, 0) is 189 Å². The zero-order valence-electron chi connectivity index (χ0n) is 53.3. The lowest BCUT2D eigenvalue weighted by Gasteiger charge is -2.30. The lowest BCUT2D eigenvalue weighted by atomic mass is 9.90. The van der Waals surface area contributed by atoms with Crippen molar-refractivity contribution in [2.24, 2.45) is 0 Å². The van der Waals surface area contributed by atoms with Gasteiger partial charge in [0.25, 0.3) is 0 Å². The van der Waals surface area contributed by atoms with Crippen LogP contribution < -0.4 is 15.1 Å². The standard InChI is InChI=1S/C92H65N5/c1-6-22-63(23-7-1)65-40-44-67(45-41-65)71-48-52-89-83(56-71)85-61-77(50-54-91(85)96(89)87-38-20-28-69-26-16-18-36-81(69)87)94(75-32-12-4-13-33-75)79-58-74(93-73-30-10-3-11-31-73)59-80(60-79)95(76-34-14-5-15-35-76)78-51-55-92-86(62-78)84-57-72(68-46-42-66(43-47-68)64-24-8-2-9-25-64)49-53-90(84)97(92)88-39-21-29-70-27-17-19-37-82(70)88/h1-48,50-52,54-62,93H,49,53H2. The summed E-state index contributed by atoms with van der Waals surface area (Å²) in [5.41, 5.74) is 26.2. The van der Waals surface area contributed by atoms with Crippen LogP contribution in [0.4, 0.5) is 45.5 Å². The fourth-order valence-corrected chi connectivity index (χ4v) is 15.0. The summed E-state index contributed by atoms with van der Waals surface area (Å²) in [5.74, 6) is 0. The summed E-state index contributed by atoms with van der Waals surface area (Å²) >= 11 is 0. The number of para-hydroxylation sites is 3. The summed E-state index contributed by atoms with van der Waals surface area (Å²) in [5, 5.41) is 12.3. The zero-order chi connectivity index (χ0) is 64.2. The van der Waals surface area contributed by atoms with Crippen LogP contribution >= 0.6 is 0 Å². The van der Waals surface area contributed by atoms with Gasteiger partial charge in [0.1, 0.15) is 0 Å². The first-order valence-corrected chi connectivity index (χ1v) is 33.5. The maximum Gasteiger partial charge on any atom is 0.0542 e. The molecule has 97 heavy (non-hydrogen) atoms. The Kier molecular flexibility index (Phi) is 14.3. The molecule has 5 heteroatoms. The molecule has 2 heterocycles. The maximum absolute atomic E-state index is 3.90. The molecule has 15 aromatic carbocycles. The quantitative estimate of drug-likeness (QED) is 0.118. The summed E-state index contributed by atoms with van der Waals surface area (Å²) < 4.78 is 5.02. The first-order valence-electron chi connectivity index (χ1n) is 33.5. The van der Waals surface area contributed by atoms with E-state index in [1.807, 2.05) is 0 Å². The normalized spacial score (nSPS) is 12.1. The largest absolute Gasteiger partial charge is 0.355 e. The summed E-state index contributed by atoms with van der Waals surface area (Å²) in [4.78, 5) is 4.87. The molecule has 0 bridgehead atoms. The van der Waals surface area contributed by atoms with Crippen molar-refractivity contribution >= 4 is 111 Å². The Morgan fingerprint density at radius 3 is 1.22 bits per heavy atom. The van der Waals surface area contributed by atoms with Crippen LogP contribution in [-0.4, -0.2) is 9.13 Å². The smallest absolute Gasteiger partial charge is 0.0542 e. The minimum atomic E-state index is 0.892. The Morgan fingerprint density at radius 1 is 0.247 bits per heavy atom. The van der Waals surface area contributed by atoms with Crippen LogP contribution in [0.25, 0.3) is 111 Å². The van der Waals surface area contributed by atoms with Crippen molar-refractivity contribution in [3.63, 3.8) is 0 Å². The average Bonchev–Trinajstić information content (AvgIpc) is 1.10. The molecule has 0 saturated heterocycles. The molecule has 0 amide bonds. The van der Waals surface area contributed by atoms with Crippen molar-refractivity contribution in [2.75, 3.05) is 15.1 Å². The molecule has 0 radical (unpaired) electrons. The van der Waals surface area contributed by atoms with Gasteiger partial charge in [-0.15, -0.1) is 0 Å². The van der Waals surface area contributed by atoms with E-state index < -0.39 is 0 Å². The van der Waals surface area contributed by atoms with Gasteiger partial charge in [-0.1, -0.05) is 243 Å².